The van der Waals surface area contributed by atoms with Gasteiger partial charge in [-0.2, -0.15) is 0 Å². The highest BCUT2D eigenvalue weighted by molar-refractivity contribution is 5.74. The fraction of sp³-hybridized carbons (Fsp3) is 0.562. The Morgan fingerprint density at radius 3 is 2.74 bits per heavy atom. The van der Waals surface area contributed by atoms with Gasteiger partial charge in [-0.25, -0.2) is 13.6 Å². The number of morpholine rings is 1. The molecule has 7 heteroatoms. The fourth-order valence-electron chi connectivity index (χ4n) is 2.54. The van der Waals surface area contributed by atoms with Crippen molar-refractivity contribution in [3.05, 3.63) is 29.8 Å². The van der Waals surface area contributed by atoms with Gasteiger partial charge in [-0.1, -0.05) is 12.1 Å². The molecular formula is C16H22F2N2O3. The summed E-state index contributed by atoms with van der Waals surface area (Å²) in [6, 6.07) is 6.61. The van der Waals surface area contributed by atoms with Crippen molar-refractivity contribution in [2.45, 2.75) is 39.0 Å². The molecule has 1 heterocycles. The van der Waals surface area contributed by atoms with Crippen LogP contribution in [0, 0.1) is 0 Å². The van der Waals surface area contributed by atoms with Crippen LogP contribution in [0.1, 0.15) is 19.4 Å². The molecule has 1 aliphatic heterocycles. The maximum absolute atomic E-state index is 12.2. The topological polar surface area (TPSA) is 50.8 Å². The van der Waals surface area contributed by atoms with Crippen molar-refractivity contribution in [3.8, 4) is 5.75 Å². The van der Waals surface area contributed by atoms with Gasteiger partial charge in [0, 0.05) is 19.6 Å². The van der Waals surface area contributed by atoms with Crippen molar-refractivity contribution >= 4 is 6.03 Å². The number of amides is 2. The molecule has 0 unspecified atom stereocenters. The van der Waals surface area contributed by atoms with Crippen LogP contribution in [0.4, 0.5) is 13.6 Å². The molecular weight excluding hydrogens is 306 g/mol. The van der Waals surface area contributed by atoms with Gasteiger partial charge in [-0.3, -0.25) is 0 Å². The lowest BCUT2D eigenvalue weighted by Crippen LogP contribution is -2.51. The number of urea groups is 1. The molecule has 1 aliphatic rings. The van der Waals surface area contributed by atoms with E-state index in [4.69, 9.17) is 9.47 Å². The van der Waals surface area contributed by atoms with Gasteiger partial charge in [0.25, 0.3) is 6.43 Å². The zero-order valence-electron chi connectivity index (χ0n) is 13.3. The molecule has 1 N–H and O–H groups in total. The molecule has 23 heavy (non-hydrogen) atoms. The third-order valence-corrected chi connectivity index (χ3v) is 3.42. The van der Waals surface area contributed by atoms with E-state index < -0.39 is 13.0 Å². The van der Waals surface area contributed by atoms with Gasteiger partial charge < -0.3 is 19.7 Å². The maximum atomic E-state index is 12.2. The van der Waals surface area contributed by atoms with E-state index in [1.807, 2.05) is 13.8 Å². The van der Waals surface area contributed by atoms with Crippen LogP contribution in [0.25, 0.3) is 0 Å². The molecule has 2 atom stereocenters. The molecule has 1 aromatic carbocycles. The number of nitrogens with zero attached hydrogens (tertiary/aromatic N) is 1. The second-order valence-electron chi connectivity index (χ2n) is 5.67. The fourth-order valence-corrected chi connectivity index (χ4v) is 2.54. The Balaban J connectivity index is 1.85. The maximum Gasteiger partial charge on any atom is 0.317 e. The summed E-state index contributed by atoms with van der Waals surface area (Å²) in [7, 11) is 0. The standard InChI is InChI=1S/C16H22F2N2O3/c1-11-8-20(9-12(2)23-11)16(21)19-7-13-4-3-5-14(6-13)22-10-15(17)18/h3-6,11-12,15H,7-10H2,1-2H3,(H,19,21)/t11-,12-/m0/s1. The van der Waals surface area contributed by atoms with Crippen LogP contribution in [-0.4, -0.2) is 49.3 Å². The minimum absolute atomic E-state index is 0.00979. The van der Waals surface area contributed by atoms with Crippen LogP contribution < -0.4 is 10.1 Å². The molecule has 128 valence electrons. The first-order valence-corrected chi connectivity index (χ1v) is 7.62. The monoisotopic (exact) mass is 328 g/mol. The molecule has 1 fully saturated rings. The third kappa shape index (κ3) is 5.67. The summed E-state index contributed by atoms with van der Waals surface area (Å²) in [6.07, 6.45) is -2.49. The average Bonchev–Trinajstić information content (AvgIpc) is 2.50. The van der Waals surface area contributed by atoms with Crippen molar-refractivity contribution in [2.75, 3.05) is 19.7 Å². The Bertz CT molecular complexity index is 518. The summed E-state index contributed by atoms with van der Waals surface area (Å²) in [4.78, 5) is 13.9. The molecule has 0 aromatic heterocycles. The van der Waals surface area contributed by atoms with E-state index in [9.17, 15) is 13.6 Å². The molecule has 0 radical (unpaired) electrons. The second-order valence-corrected chi connectivity index (χ2v) is 5.67. The first kappa shape index (κ1) is 17.5. The predicted octanol–water partition coefficient (Wildman–Crippen LogP) is 2.65. The van der Waals surface area contributed by atoms with E-state index in [-0.39, 0.29) is 18.2 Å². The molecule has 2 rings (SSSR count). The van der Waals surface area contributed by atoms with E-state index in [2.05, 4.69) is 5.32 Å². The van der Waals surface area contributed by atoms with Gasteiger partial charge >= 0.3 is 6.03 Å². The van der Waals surface area contributed by atoms with Crippen LogP contribution in [0.15, 0.2) is 24.3 Å². The number of rotatable bonds is 5. The van der Waals surface area contributed by atoms with E-state index in [0.29, 0.717) is 25.4 Å². The van der Waals surface area contributed by atoms with Gasteiger partial charge in [-0.05, 0) is 31.5 Å². The Labute approximate surface area is 134 Å². The molecule has 0 bridgehead atoms. The highest BCUT2D eigenvalue weighted by atomic mass is 19.3. The lowest BCUT2D eigenvalue weighted by molar-refractivity contribution is -0.0545. The zero-order chi connectivity index (χ0) is 16.8. The normalized spacial score (nSPS) is 21.3. The minimum atomic E-state index is -2.51. The zero-order valence-corrected chi connectivity index (χ0v) is 13.3. The summed E-state index contributed by atoms with van der Waals surface area (Å²) in [6.45, 7) is 4.63. The molecule has 0 spiro atoms. The highest BCUT2D eigenvalue weighted by Crippen LogP contribution is 2.15. The van der Waals surface area contributed by atoms with Crippen molar-refractivity contribution in [1.82, 2.24) is 10.2 Å². The smallest absolute Gasteiger partial charge is 0.317 e. The molecule has 0 aliphatic carbocycles. The molecule has 5 nitrogen and oxygen atoms in total. The van der Waals surface area contributed by atoms with Crippen molar-refractivity contribution in [3.63, 3.8) is 0 Å². The number of halogens is 2. The molecule has 0 saturated carbocycles. The second kappa shape index (κ2) is 8.10. The summed E-state index contributed by atoms with van der Waals surface area (Å²) in [5, 5.41) is 2.83. The van der Waals surface area contributed by atoms with Crippen molar-refractivity contribution in [1.29, 1.82) is 0 Å². The van der Waals surface area contributed by atoms with Crippen LogP contribution in [-0.2, 0) is 11.3 Å². The first-order chi connectivity index (χ1) is 10.9. The summed E-state index contributed by atoms with van der Waals surface area (Å²) in [5.74, 6) is 0.366. The Morgan fingerprint density at radius 1 is 1.39 bits per heavy atom. The SMILES string of the molecule is C[C@H]1CN(C(=O)NCc2cccc(OCC(F)F)c2)C[C@H](C)O1. The Morgan fingerprint density at radius 2 is 2.09 bits per heavy atom. The average molecular weight is 328 g/mol. The number of hydrogen-bond acceptors (Lipinski definition) is 3. The van der Waals surface area contributed by atoms with Gasteiger partial charge in [-0.15, -0.1) is 0 Å². The largest absolute Gasteiger partial charge is 0.488 e. The van der Waals surface area contributed by atoms with Crippen LogP contribution in [0.2, 0.25) is 0 Å². The molecule has 2 amide bonds. The minimum Gasteiger partial charge on any atom is -0.488 e. The number of carbonyl (C=O) groups is 1. The lowest BCUT2D eigenvalue weighted by Gasteiger charge is -2.35. The van der Waals surface area contributed by atoms with Crippen LogP contribution in [0.3, 0.4) is 0 Å². The van der Waals surface area contributed by atoms with E-state index in [1.165, 1.54) is 0 Å². The van der Waals surface area contributed by atoms with Gasteiger partial charge in [0.1, 0.15) is 12.4 Å². The quantitative estimate of drug-likeness (QED) is 0.904. The first-order valence-electron chi connectivity index (χ1n) is 7.62. The van der Waals surface area contributed by atoms with Gasteiger partial charge in [0.05, 0.1) is 12.2 Å². The van der Waals surface area contributed by atoms with E-state index >= 15 is 0 Å². The Kier molecular flexibility index (Phi) is 6.15. The Hall–Kier alpha value is -1.89. The number of carbonyl (C=O) groups excluding carboxylic acids is 1. The van der Waals surface area contributed by atoms with Gasteiger partial charge in [0.2, 0.25) is 0 Å². The summed E-state index contributed by atoms with van der Waals surface area (Å²) in [5.41, 5.74) is 0.791. The summed E-state index contributed by atoms with van der Waals surface area (Å²) >= 11 is 0. The van der Waals surface area contributed by atoms with Gasteiger partial charge in [0.15, 0.2) is 0 Å². The number of hydrogen-bond donors (Lipinski definition) is 1. The van der Waals surface area contributed by atoms with Crippen LogP contribution in [0.5, 0.6) is 5.75 Å². The highest BCUT2D eigenvalue weighted by Gasteiger charge is 2.25. The third-order valence-electron chi connectivity index (χ3n) is 3.42. The van der Waals surface area contributed by atoms with Crippen molar-refractivity contribution in [2.24, 2.45) is 0 Å². The predicted molar refractivity (Wildman–Crippen MR) is 81.8 cm³/mol. The number of ether oxygens (including phenoxy) is 2. The number of nitrogens with one attached hydrogen (secondary N) is 1. The van der Waals surface area contributed by atoms with Crippen LogP contribution >= 0.6 is 0 Å². The van der Waals surface area contributed by atoms with E-state index in [0.717, 1.165) is 5.56 Å². The van der Waals surface area contributed by atoms with E-state index in [1.54, 1.807) is 29.2 Å². The molecule has 1 saturated heterocycles. The number of alkyl halides is 2. The molecule has 1 aromatic rings. The summed E-state index contributed by atoms with van der Waals surface area (Å²) < 4.78 is 34.9. The lowest BCUT2D eigenvalue weighted by atomic mass is 10.2. The number of benzene rings is 1. The van der Waals surface area contributed by atoms with Crippen molar-refractivity contribution < 1.29 is 23.0 Å².